The number of carbonyl (C=O) groups is 1. The quantitative estimate of drug-likeness (QED) is 0.645. The Morgan fingerprint density at radius 2 is 1.62 bits per heavy atom. The Labute approximate surface area is 154 Å². The summed E-state index contributed by atoms with van der Waals surface area (Å²) in [6.07, 6.45) is 2.55. The molecule has 26 heavy (non-hydrogen) atoms. The van der Waals surface area contributed by atoms with E-state index >= 15 is 0 Å². The van der Waals surface area contributed by atoms with Crippen molar-refractivity contribution in [2.75, 3.05) is 10.6 Å². The Kier molecular flexibility index (Phi) is 5.99. The van der Waals surface area contributed by atoms with Gasteiger partial charge in [0.2, 0.25) is 5.91 Å². The molecule has 1 heterocycles. The molecule has 1 amide bonds. The van der Waals surface area contributed by atoms with E-state index in [-0.39, 0.29) is 11.8 Å². The van der Waals surface area contributed by atoms with Gasteiger partial charge in [-0.25, -0.2) is 0 Å². The summed E-state index contributed by atoms with van der Waals surface area (Å²) >= 11 is 0. The number of benzene rings is 2. The second kappa shape index (κ2) is 8.81. The maximum atomic E-state index is 12.6. The van der Waals surface area contributed by atoms with Crippen molar-refractivity contribution >= 4 is 17.3 Å². The maximum absolute atomic E-state index is 12.6. The zero-order chi connectivity index (χ0) is 18.2. The number of amides is 1. The molecule has 0 unspecified atom stereocenters. The first-order chi connectivity index (χ1) is 12.8. The van der Waals surface area contributed by atoms with Gasteiger partial charge in [-0.3, -0.25) is 9.78 Å². The monoisotopic (exact) mass is 345 g/mol. The molecule has 0 spiro atoms. The maximum Gasteiger partial charge on any atom is 0.231 e. The molecule has 0 aliphatic rings. The van der Waals surface area contributed by atoms with Crippen LogP contribution >= 0.6 is 0 Å². The Morgan fingerprint density at radius 3 is 2.27 bits per heavy atom. The van der Waals surface area contributed by atoms with Crippen molar-refractivity contribution in [1.29, 1.82) is 0 Å². The number of hydrogen-bond donors (Lipinski definition) is 2. The minimum atomic E-state index is -0.141. The van der Waals surface area contributed by atoms with Crippen molar-refractivity contribution in [3.8, 4) is 0 Å². The average Bonchev–Trinajstić information content (AvgIpc) is 2.70. The summed E-state index contributed by atoms with van der Waals surface area (Å²) in [5.74, 6) is -0.119. The van der Waals surface area contributed by atoms with E-state index in [9.17, 15) is 4.79 Å². The summed E-state index contributed by atoms with van der Waals surface area (Å²) in [4.78, 5) is 16.9. The lowest BCUT2D eigenvalue weighted by molar-refractivity contribution is -0.117. The Hall–Kier alpha value is -3.14. The zero-order valence-corrected chi connectivity index (χ0v) is 14.9. The second-order valence-corrected chi connectivity index (χ2v) is 6.11. The van der Waals surface area contributed by atoms with E-state index in [1.165, 1.54) is 0 Å². The van der Waals surface area contributed by atoms with Crippen molar-refractivity contribution in [2.45, 2.75) is 25.8 Å². The van der Waals surface area contributed by atoms with Crippen LogP contribution in [0.4, 0.5) is 11.4 Å². The molecule has 4 nitrogen and oxygen atoms in total. The molecular formula is C22H23N3O. The summed E-state index contributed by atoms with van der Waals surface area (Å²) in [7, 11) is 0. The smallest absolute Gasteiger partial charge is 0.231 e. The highest BCUT2D eigenvalue weighted by atomic mass is 16.1. The highest BCUT2D eigenvalue weighted by Gasteiger charge is 2.18. The number of hydrogen-bond acceptors (Lipinski definition) is 3. The molecule has 1 aromatic heterocycles. The summed E-state index contributed by atoms with van der Waals surface area (Å²) in [5.41, 5.74) is 3.82. The minimum absolute atomic E-state index is 0.0212. The van der Waals surface area contributed by atoms with Crippen molar-refractivity contribution < 1.29 is 4.79 Å². The van der Waals surface area contributed by atoms with E-state index in [0.717, 1.165) is 29.1 Å². The number of nitrogens with one attached hydrogen (secondary N) is 2. The van der Waals surface area contributed by atoms with Crippen LogP contribution in [0, 0.1) is 0 Å². The first-order valence-electron chi connectivity index (χ1n) is 8.86. The van der Waals surface area contributed by atoms with Gasteiger partial charge in [-0.05, 0) is 48.4 Å². The molecule has 2 aromatic carbocycles. The van der Waals surface area contributed by atoms with Crippen LogP contribution in [0.3, 0.4) is 0 Å². The molecule has 132 valence electrons. The van der Waals surface area contributed by atoms with Crippen LogP contribution in [-0.4, -0.2) is 10.9 Å². The van der Waals surface area contributed by atoms with Crippen LogP contribution < -0.4 is 10.6 Å². The first kappa shape index (κ1) is 17.7. The fourth-order valence-electron chi connectivity index (χ4n) is 2.85. The van der Waals surface area contributed by atoms with Crippen LogP contribution in [0.25, 0.3) is 0 Å². The third-order valence-electron chi connectivity index (χ3n) is 4.28. The van der Waals surface area contributed by atoms with Crippen molar-refractivity contribution in [3.63, 3.8) is 0 Å². The summed E-state index contributed by atoms with van der Waals surface area (Å²) in [6.45, 7) is 2.69. The van der Waals surface area contributed by atoms with Gasteiger partial charge in [0, 0.05) is 17.6 Å². The Balaban J connectivity index is 1.59. The van der Waals surface area contributed by atoms with Gasteiger partial charge in [-0.1, -0.05) is 43.3 Å². The topological polar surface area (TPSA) is 54.0 Å². The highest BCUT2D eigenvalue weighted by molar-refractivity contribution is 5.95. The normalized spacial score (nSPS) is 11.6. The van der Waals surface area contributed by atoms with E-state index in [4.69, 9.17) is 0 Å². The number of nitrogens with zero attached hydrogens (tertiary/aromatic N) is 1. The Morgan fingerprint density at radius 1 is 0.923 bits per heavy atom. The number of anilines is 2. The van der Waals surface area contributed by atoms with Crippen LogP contribution in [-0.2, 0) is 11.3 Å². The molecule has 0 saturated carbocycles. The number of rotatable bonds is 7. The first-order valence-corrected chi connectivity index (χ1v) is 8.86. The lowest BCUT2D eigenvalue weighted by Crippen LogP contribution is -2.20. The zero-order valence-electron chi connectivity index (χ0n) is 14.9. The molecule has 4 heteroatoms. The lowest BCUT2D eigenvalue weighted by atomic mass is 9.95. The van der Waals surface area contributed by atoms with Gasteiger partial charge in [0.05, 0.1) is 18.2 Å². The molecular weight excluding hydrogens is 322 g/mol. The molecule has 1 atom stereocenters. The van der Waals surface area contributed by atoms with Crippen molar-refractivity contribution in [2.24, 2.45) is 0 Å². The van der Waals surface area contributed by atoms with Crippen LogP contribution in [0.2, 0.25) is 0 Å². The van der Waals surface area contributed by atoms with Crippen molar-refractivity contribution in [3.05, 3.63) is 90.3 Å². The van der Waals surface area contributed by atoms with E-state index in [0.29, 0.717) is 6.54 Å². The van der Waals surface area contributed by atoms with Crippen LogP contribution in [0.5, 0.6) is 0 Å². The van der Waals surface area contributed by atoms with Crippen LogP contribution in [0.15, 0.2) is 79.0 Å². The van der Waals surface area contributed by atoms with E-state index in [1.807, 2.05) is 79.7 Å². The molecule has 0 aliphatic carbocycles. The third kappa shape index (κ3) is 4.70. The summed E-state index contributed by atoms with van der Waals surface area (Å²) in [5, 5.41) is 6.34. The molecule has 0 bridgehead atoms. The molecule has 0 radical (unpaired) electrons. The fraction of sp³-hybridized carbons (Fsp3) is 0.182. The standard InChI is InChI=1S/C22H23N3O/c1-2-21(17-8-4-3-5-9-17)22(26)25-19-13-11-18(12-14-19)24-16-20-10-6-7-15-23-20/h3-15,21,24H,2,16H2,1H3,(H,25,26)/t21-/m0/s1. The predicted molar refractivity (Wildman–Crippen MR) is 106 cm³/mol. The van der Waals surface area contributed by atoms with Crippen LogP contribution in [0.1, 0.15) is 30.5 Å². The molecule has 0 aliphatic heterocycles. The third-order valence-corrected chi connectivity index (χ3v) is 4.28. The molecule has 3 aromatic rings. The van der Waals surface area contributed by atoms with Gasteiger partial charge in [-0.2, -0.15) is 0 Å². The summed E-state index contributed by atoms with van der Waals surface area (Å²) in [6, 6.07) is 23.5. The van der Waals surface area contributed by atoms with Gasteiger partial charge in [0.1, 0.15) is 0 Å². The number of aromatic nitrogens is 1. The Bertz CT molecular complexity index is 817. The van der Waals surface area contributed by atoms with Gasteiger partial charge >= 0.3 is 0 Å². The summed E-state index contributed by atoms with van der Waals surface area (Å²) < 4.78 is 0. The van der Waals surface area contributed by atoms with Gasteiger partial charge < -0.3 is 10.6 Å². The van der Waals surface area contributed by atoms with E-state index in [1.54, 1.807) is 6.20 Å². The SMILES string of the molecule is CC[C@H](C(=O)Nc1ccc(NCc2ccccn2)cc1)c1ccccc1. The van der Waals surface area contributed by atoms with Gasteiger partial charge in [-0.15, -0.1) is 0 Å². The van der Waals surface area contributed by atoms with Gasteiger partial charge in [0.25, 0.3) is 0 Å². The minimum Gasteiger partial charge on any atom is -0.379 e. The molecule has 3 rings (SSSR count). The number of pyridine rings is 1. The predicted octanol–water partition coefficient (Wildman–Crippen LogP) is 4.83. The second-order valence-electron chi connectivity index (χ2n) is 6.11. The largest absolute Gasteiger partial charge is 0.379 e. The molecule has 0 saturated heterocycles. The highest BCUT2D eigenvalue weighted by Crippen LogP contribution is 2.22. The number of carbonyl (C=O) groups excluding carboxylic acids is 1. The average molecular weight is 345 g/mol. The van der Waals surface area contributed by atoms with E-state index in [2.05, 4.69) is 15.6 Å². The van der Waals surface area contributed by atoms with Gasteiger partial charge in [0.15, 0.2) is 0 Å². The lowest BCUT2D eigenvalue weighted by Gasteiger charge is -2.15. The van der Waals surface area contributed by atoms with E-state index < -0.39 is 0 Å². The van der Waals surface area contributed by atoms with Crippen molar-refractivity contribution in [1.82, 2.24) is 4.98 Å². The molecule has 0 fully saturated rings. The fourth-order valence-corrected chi connectivity index (χ4v) is 2.85. The molecule has 2 N–H and O–H groups in total.